The van der Waals surface area contributed by atoms with E-state index in [-0.39, 0.29) is 18.6 Å². The van der Waals surface area contributed by atoms with Crippen molar-refractivity contribution >= 4 is 41.2 Å². The molecule has 1 unspecified atom stereocenters. The molecule has 0 saturated heterocycles. The van der Waals surface area contributed by atoms with E-state index in [2.05, 4.69) is 5.32 Å². The number of nitrogens with one attached hydrogen (secondary N) is 1. The molecule has 4 nitrogen and oxygen atoms in total. The highest BCUT2D eigenvalue weighted by atomic mass is 35.5. The Morgan fingerprint density at radius 3 is 2.76 bits per heavy atom. The first kappa shape index (κ1) is 17.5. The summed E-state index contributed by atoms with van der Waals surface area (Å²) in [6.07, 6.45) is 3.50. The first-order valence-electron chi connectivity index (χ1n) is 6.52. The molecule has 0 radical (unpaired) electrons. The van der Waals surface area contributed by atoms with Crippen LogP contribution in [0, 0.1) is 0 Å². The van der Waals surface area contributed by atoms with Crippen molar-refractivity contribution < 1.29 is 14.3 Å². The molecule has 0 spiro atoms. The quantitative estimate of drug-likeness (QED) is 0.642. The second-order valence-corrected chi connectivity index (χ2v) is 5.25. The topological polar surface area (TPSA) is 55.4 Å². The number of hydrogen-bond donors (Lipinski definition) is 1. The van der Waals surface area contributed by atoms with Gasteiger partial charge in [0, 0.05) is 12.1 Å². The van der Waals surface area contributed by atoms with Crippen LogP contribution in [-0.4, -0.2) is 24.5 Å². The molecule has 0 saturated carbocycles. The van der Waals surface area contributed by atoms with Crippen molar-refractivity contribution in [1.29, 1.82) is 0 Å². The molecule has 6 heteroatoms. The van der Waals surface area contributed by atoms with Crippen molar-refractivity contribution in [2.45, 2.75) is 26.3 Å². The van der Waals surface area contributed by atoms with Gasteiger partial charge in [-0.3, -0.25) is 4.79 Å². The lowest BCUT2D eigenvalue weighted by atomic mass is 10.2. The highest BCUT2D eigenvalue weighted by Gasteiger charge is 2.08. The lowest BCUT2D eigenvalue weighted by Crippen LogP contribution is -2.35. The Morgan fingerprint density at radius 1 is 1.38 bits per heavy atom. The second-order valence-electron chi connectivity index (χ2n) is 4.46. The summed E-state index contributed by atoms with van der Waals surface area (Å²) in [6.45, 7) is 3.52. The first-order valence-corrected chi connectivity index (χ1v) is 7.27. The van der Waals surface area contributed by atoms with E-state index in [1.54, 1.807) is 18.2 Å². The third kappa shape index (κ3) is 6.19. The van der Waals surface area contributed by atoms with Crippen LogP contribution in [0.2, 0.25) is 10.0 Å². The maximum absolute atomic E-state index is 11.5. The van der Waals surface area contributed by atoms with Gasteiger partial charge in [-0.1, -0.05) is 42.3 Å². The molecule has 0 heterocycles. The maximum atomic E-state index is 11.5. The molecule has 1 N–H and O–H groups in total. The lowest BCUT2D eigenvalue weighted by molar-refractivity contribution is -0.144. The molecule has 0 bridgehead atoms. The number of amides is 1. The molecule has 21 heavy (non-hydrogen) atoms. The lowest BCUT2D eigenvalue weighted by Gasteiger charge is -2.10. The molecule has 114 valence electrons. The summed E-state index contributed by atoms with van der Waals surface area (Å²) < 4.78 is 4.83. The average Bonchev–Trinajstić information content (AvgIpc) is 2.46. The fourth-order valence-electron chi connectivity index (χ4n) is 1.41. The minimum absolute atomic E-state index is 0.0528. The predicted octanol–water partition coefficient (Wildman–Crippen LogP) is 3.46. The van der Waals surface area contributed by atoms with Crippen LogP contribution in [-0.2, 0) is 14.3 Å². The van der Waals surface area contributed by atoms with Crippen molar-refractivity contribution in [1.82, 2.24) is 5.32 Å². The largest absolute Gasteiger partial charge is 0.452 e. The van der Waals surface area contributed by atoms with Crippen LogP contribution in [0.3, 0.4) is 0 Å². The van der Waals surface area contributed by atoms with Gasteiger partial charge >= 0.3 is 5.97 Å². The summed E-state index contributed by atoms with van der Waals surface area (Å²) in [7, 11) is 0. The minimum Gasteiger partial charge on any atom is -0.452 e. The third-order valence-electron chi connectivity index (χ3n) is 2.75. The molecule has 0 aliphatic carbocycles. The Bertz CT molecular complexity index is 544. The van der Waals surface area contributed by atoms with Crippen LogP contribution >= 0.6 is 23.2 Å². The van der Waals surface area contributed by atoms with Gasteiger partial charge in [0.25, 0.3) is 5.91 Å². The van der Waals surface area contributed by atoms with Crippen LogP contribution in [0.5, 0.6) is 0 Å². The maximum Gasteiger partial charge on any atom is 0.331 e. The van der Waals surface area contributed by atoms with Gasteiger partial charge in [-0.2, -0.15) is 0 Å². The van der Waals surface area contributed by atoms with Gasteiger partial charge in [0.1, 0.15) is 0 Å². The van der Waals surface area contributed by atoms with E-state index >= 15 is 0 Å². The number of ether oxygens (including phenoxy) is 1. The van der Waals surface area contributed by atoms with E-state index in [1.807, 2.05) is 13.8 Å². The highest BCUT2D eigenvalue weighted by molar-refractivity contribution is 6.42. The van der Waals surface area contributed by atoms with E-state index in [4.69, 9.17) is 27.9 Å². The monoisotopic (exact) mass is 329 g/mol. The first-order chi connectivity index (χ1) is 9.93. The molecule has 1 amide bonds. The summed E-state index contributed by atoms with van der Waals surface area (Å²) in [5.41, 5.74) is 0.602. The van der Waals surface area contributed by atoms with E-state index < -0.39 is 5.97 Å². The third-order valence-corrected chi connectivity index (χ3v) is 3.58. The number of benzene rings is 1. The molecular weight excluding hydrogens is 313 g/mol. The highest BCUT2D eigenvalue weighted by Crippen LogP contribution is 2.26. The van der Waals surface area contributed by atoms with Gasteiger partial charge in [0.2, 0.25) is 0 Å². The fraction of sp³-hybridized carbons (Fsp3) is 0.333. The van der Waals surface area contributed by atoms with Gasteiger partial charge in [-0.05, 0) is 31.1 Å². The number of carbonyl (C=O) groups excluding carboxylic acids is 2. The van der Waals surface area contributed by atoms with E-state index in [0.717, 1.165) is 6.42 Å². The van der Waals surface area contributed by atoms with Crippen molar-refractivity contribution in [2.24, 2.45) is 0 Å². The van der Waals surface area contributed by atoms with Crippen LogP contribution < -0.4 is 5.32 Å². The van der Waals surface area contributed by atoms with Crippen LogP contribution in [0.25, 0.3) is 6.08 Å². The molecule has 0 aliphatic heterocycles. The van der Waals surface area contributed by atoms with Gasteiger partial charge < -0.3 is 10.1 Å². The molecule has 0 fully saturated rings. The number of carbonyl (C=O) groups is 2. The van der Waals surface area contributed by atoms with Gasteiger partial charge in [-0.15, -0.1) is 0 Å². The SMILES string of the molecule is CCC(C)NC(=O)COC(=O)/C=C/c1cccc(Cl)c1Cl. The van der Waals surface area contributed by atoms with Crippen LogP contribution in [0.15, 0.2) is 24.3 Å². The van der Waals surface area contributed by atoms with E-state index in [9.17, 15) is 9.59 Å². The molecule has 0 aromatic heterocycles. The summed E-state index contributed by atoms with van der Waals surface area (Å²) in [5.74, 6) is -0.947. The van der Waals surface area contributed by atoms with E-state index in [1.165, 1.54) is 12.2 Å². The number of hydrogen-bond acceptors (Lipinski definition) is 3. The minimum atomic E-state index is -0.620. The zero-order chi connectivity index (χ0) is 15.8. The molecule has 0 aliphatic rings. The van der Waals surface area contributed by atoms with Crippen molar-refractivity contribution in [3.63, 3.8) is 0 Å². The second kappa shape index (κ2) is 8.70. The molecule has 1 atom stereocenters. The zero-order valence-corrected chi connectivity index (χ0v) is 13.4. The standard InChI is InChI=1S/C15H17Cl2NO3/c1-3-10(2)18-13(19)9-21-14(20)8-7-11-5-4-6-12(16)15(11)17/h4-8,10H,3,9H2,1-2H3,(H,18,19)/b8-7+. The number of esters is 1. The van der Waals surface area contributed by atoms with Crippen molar-refractivity contribution in [3.8, 4) is 0 Å². The Labute approximate surface area is 134 Å². The zero-order valence-electron chi connectivity index (χ0n) is 11.9. The molecule has 1 rings (SSSR count). The van der Waals surface area contributed by atoms with Crippen LogP contribution in [0.1, 0.15) is 25.8 Å². The van der Waals surface area contributed by atoms with Crippen molar-refractivity contribution in [2.75, 3.05) is 6.61 Å². The number of rotatable bonds is 6. The smallest absolute Gasteiger partial charge is 0.331 e. The summed E-state index contributed by atoms with van der Waals surface area (Å²) in [4.78, 5) is 22.9. The average molecular weight is 330 g/mol. The number of halogens is 2. The summed E-state index contributed by atoms with van der Waals surface area (Å²) in [6, 6.07) is 5.14. The Morgan fingerprint density at radius 2 is 2.10 bits per heavy atom. The van der Waals surface area contributed by atoms with Crippen LogP contribution in [0.4, 0.5) is 0 Å². The van der Waals surface area contributed by atoms with Gasteiger partial charge in [0.05, 0.1) is 10.0 Å². The van der Waals surface area contributed by atoms with Crippen molar-refractivity contribution in [3.05, 3.63) is 39.9 Å². The van der Waals surface area contributed by atoms with E-state index in [0.29, 0.717) is 15.6 Å². The van der Waals surface area contributed by atoms with Gasteiger partial charge in [0.15, 0.2) is 6.61 Å². The fourth-order valence-corrected chi connectivity index (χ4v) is 1.78. The Balaban J connectivity index is 2.48. The Kier molecular flexibility index (Phi) is 7.26. The Hall–Kier alpha value is -1.52. The summed E-state index contributed by atoms with van der Waals surface area (Å²) in [5, 5.41) is 3.46. The molecule has 1 aromatic rings. The summed E-state index contributed by atoms with van der Waals surface area (Å²) >= 11 is 11.8. The predicted molar refractivity (Wildman–Crippen MR) is 84.4 cm³/mol. The molecule has 1 aromatic carbocycles. The normalized spacial score (nSPS) is 12.2. The molecular formula is C15H17Cl2NO3. The van der Waals surface area contributed by atoms with Gasteiger partial charge in [-0.25, -0.2) is 4.79 Å².